The third kappa shape index (κ3) is 4.03. The van der Waals surface area contributed by atoms with Gasteiger partial charge >= 0.3 is 0 Å². The van der Waals surface area contributed by atoms with Crippen LogP contribution in [-0.2, 0) is 10.0 Å². The van der Waals surface area contributed by atoms with E-state index in [-0.39, 0.29) is 0 Å². The first kappa shape index (κ1) is 14.5. The minimum atomic E-state index is -3.32. The third-order valence-corrected chi connectivity index (χ3v) is 6.63. The van der Waals surface area contributed by atoms with E-state index in [0.717, 1.165) is 23.3 Å². The van der Waals surface area contributed by atoms with Gasteiger partial charge in [-0.3, -0.25) is 0 Å². The van der Waals surface area contributed by atoms with E-state index in [2.05, 4.69) is 26.0 Å². The van der Waals surface area contributed by atoms with Crippen molar-refractivity contribution in [2.75, 3.05) is 19.6 Å². The molecule has 0 radical (unpaired) electrons. The molecular formula is C11H17BrN2O2S2. The van der Waals surface area contributed by atoms with Gasteiger partial charge in [0.2, 0.25) is 10.0 Å². The van der Waals surface area contributed by atoms with Gasteiger partial charge in [0.05, 0.1) is 3.79 Å². The number of rotatable bonds is 5. The van der Waals surface area contributed by atoms with E-state index in [4.69, 9.17) is 0 Å². The largest absolute Gasteiger partial charge is 0.316 e. The number of sulfonamides is 1. The van der Waals surface area contributed by atoms with E-state index in [0.29, 0.717) is 16.7 Å². The highest BCUT2D eigenvalue weighted by Crippen LogP contribution is 2.25. The predicted octanol–water partition coefficient (Wildman–Crippen LogP) is 2.18. The molecule has 1 fully saturated rings. The Morgan fingerprint density at radius 3 is 2.94 bits per heavy atom. The molecule has 4 nitrogen and oxygen atoms in total. The molecule has 0 amide bonds. The average molecular weight is 353 g/mol. The summed E-state index contributed by atoms with van der Waals surface area (Å²) in [7, 11) is -3.32. The third-order valence-electron chi connectivity index (χ3n) is 3.06. The summed E-state index contributed by atoms with van der Waals surface area (Å²) in [4.78, 5) is 0. The standard InChI is InChI=1S/C11H17BrN2O2S2/c12-10-3-4-11(17-10)18(15,16)14-7-5-9-2-1-6-13-8-9/h3-4,9,13-14H,1-2,5-8H2. The van der Waals surface area contributed by atoms with Crippen molar-refractivity contribution in [3.05, 3.63) is 15.9 Å². The normalized spacial score (nSPS) is 21.1. The summed E-state index contributed by atoms with van der Waals surface area (Å²) >= 11 is 4.51. The van der Waals surface area contributed by atoms with Crippen LogP contribution in [0.5, 0.6) is 0 Å². The first-order chi connectivity index (χ1) is 8.58. The number of halogens is 1. The van der Waals surface area contributed by atoms with Gasteiger partial charge in [0, 0.05) is 6.54 Å². The Morgan fingerprint density at radius 1 is 1.50 bits per heavy atom. The maximum Gasteiger partial charge on any atom is 0.250 e. The zero-order valence-electron chi connectivity index (χ0n) is 9.99. The quantitative estimate of drug-likeness (QED) is 0.853. The first-order valence-corrected chi connectivity index (χ1v) is 9.13. The summed E-state index contributed by atoms with van der Waals surface area (Å²) in [6.07, 6.45) is 3.29. The maximum absolute atomic E-state index is 12.0. The Balaban J connectivity index is 1.82. The fourth-order valence-corrected chi connectivity index (χ4v) is 5.18. The minimum absolute atomic E-state index is 0.371. The smallest absolute Gasteiger partial charge is 0.250 e. The Morgan fingerprint density at radius 2 is 2.33 bits per heavy atom. The summed E-state index contributed by atoms with van der Waals surface area (Å²) in [5.41, 5.74) is 0. The van der Waals surface area contributed by atoms with Crippen molar-refractivity contribution in [3.8, 4) is 0 Å². The molecule has 7 heteroatoms. The molecule has 1 unspecified atom stereocenters. The van der Waals surface area contributed by atoms with Crippen molar-refractivity contribution < 1.29 is 8.42 Å². The molecule has 1 atom stereocenters. The lowest BCUT2D eigenvalue weighted by molar-refractivity contribution is 0.358. The summed E-state index contributed by atoms with van der Waals surface area (Å²) < 4.78 is 27.8. The topological polar surface area (TPSA) is 58.2 Å². The number of hydrogen-bond acceptors (Lipinski definition) is 4. The van der Waals surface area contributed by atoms with Crippen LogP contribution in [0.1, 0.15) is 19.3 Å². The van der Waals surface area contributed by atoms with Gasteiger partial charge in [0.25, 0.3) is 0 Å². The number of piperidine rings is 1. The van der Waals surface area contributed by atoms with Crippen molar-refractivity contribution >= 4 is 37.3 Å². The monoisotopic (exact) mass is 352 g/mol. The van der Waals surface area contributed by atoms with E-state index < -0.39 is 10.0 Å². The van der Waals surface area contributed by atoms with Crippen LogP contribution in [0.25, 0.3) is 0 Å². The SMILES string of the molecule is O=S(=O)(NCCC1CCCNC1)c1ccc(Br)s1. The fourth-order valence-electron chi connectivity index (χ4n) is 2.08. The van der Waals surface area contributed by atoms with Crippen LogP contribution >= 0.6 is 27.3 Å². The van der Waals surface area contributed by atoms with E-state index in [1.165, 1.54) is 24.2 Å². The van der Waals surface area contributed by atoms with Gasteiger partial charge in [0.15, 0.2) is 0 Å². The van der Waals surface area contributed by atoms with Crippen LogP contribution in [0, 0.1) is 5.92 Å². The van der Waals surface area contributed by atoms with E-state index in [1.807, 2.05) is 0 Å². The van der Waals surface area contributed by atoms with Crippen LogP contribution in [-0.4, -0.2) is 28.1 Å². The van der Waals surface area contributed by atoms with Crippen LogP contribution in [0.2, 0.25) is 0 Å². The molecule has 0 saturated carbocycles. The highest BCUT2D eigenvalue weighted by atomic mass is 79.9. The Labute approximate surface area is 120 Å². The fraction of sp³-hybridized carbons (Fsp3) is 0.636. The Bertz CT molecular complexity index is 481. The van der Waals surface area contributed by atoms with Gasteiger partial charge in [-0.2, -0.15) is 0 Å². The van der Waals surface area contributed by atoms with Crippen LogP contribution in [0.4, 0.5) is 0 Å². The molecule has 1 aromatic rings. The van der Waals surface area contributed by atoms with Crippen molar-refractivity contribution in [2.45, 2.75) is 23.5 Å². The molecule has 0 bridgehead atoms. The summed E-state index contributed by atoms with van der Waals surface area (Å²) in [5, 5.41) is 3.34. The average Bonchev–Trinajstić information content (AvgIpc) is 2.78. The maximum atomic E-state index is 12.0. The lowest BCUT2D eigenvalue weighted by Gasteiger charge is -2.22. The van der Waals surface area contributed by atoms with Crippen molar-refractivity contribution in [3.63, 3.8) is 0 Å². The lowest BCUT2D eigenvalue weighted by atomic mass is 9.96. The van der Waals surface area contributed by atoms with Crippen molar-refractivity contribution in [1.29, 1.82) is 0 Å². The summed E-state index contributed by atoms with van der Waals surface area (Å²) in [6, 6.07) is 3.38. The highest BCUT2D eigenvalue weighted by molar-refractivity contribution is 9.11. The molecule has 2 heterocycles. The minimum Gasteiger partial charge on any atom is -0.316 e. The van der Waals surface area contributed by atoms with Crippen molar-refractivity contribution in [2.24, 2.45) is 5.92 Å². The van der Waals surface area contributed by atoms with Crippen LogP contribution in [0.15, 0.2) is 20.1 Å². The molecule has 18 heavy (non-hydrogen) atoms. The number of nitrogens with one attached hydrogen (secondary N) is 2. The molecule has 102 valence electrons. The van der Waals surface area contributed by atoms with E-state index >= 15 is 0 Å². The lowest BCUT2D eigenvalue weighted by Crippen LogP contribution is -2.33. The van der Waals surface area contributed by atoms with Crippen LogP contribution in [0.3, 0.4) is 0 Å². The Kier molecular flexibility index (Phi) is 5.20. The molecule has 0 spiro atoms. The van der Waals surface area contributed by atoms with E-state index in [1.54, 1.807) is 12.1 Å². The first-order valence-electron chi connectivity index (χ1n) is 6.03. The number of thiophene rings is 1. The van der Waals surface area contributed by atoms with Crippen molar-refractivity contribution in [1.82, 2.24) is 10.0 Å². The molecule has 1 saturated heterocycles. The second kappa shape index (κ2) is 6.47. The van der Waals surface area contributed by atoms with E-state index in [9.17, 15) is 8.42 Å². The molecule has 1 aromatic heterocycles. The molecule has 1 aliphatic rings. The van der Waals surface area contributed by atoms with Gasteiger partial charge in [0.1, 0.15) is 4.21 Å². The predicted molar refractivity (Wildman–Crippen MR) is 77.4 cm³/mol. The second-order valence-corrected chi connectivity index (χ2v) is 8.91. The Hall–Kier alpha value is 0.0500. The molecule has 0 aliphatic carbocycles. The zero-order chi connectivity index (χ0) is 13.0. The number of hydrogen-bond donors (Lipinski definition) is 2. The molecular weight excluding hydrogens is 336 g/mol. The van der Waals surface area contributed by atoms with Gasteiger partial charge in [-0.05, 0) is 66.3 Å². The van der Waals surface area contributed by atoms with Gasteiger partial charge in [-0.15, -0.1) is 11.3 Å². The molecule has 2 rings (SSSR count). The van der Waals surface area contributed by atoms with Crippen LogP contribution < -0.4 is 10.0 Å². The van der Waals surface area contributed by atoms with Gasteiger partial charge in [-0.1, -0.05) is 0 Å². The molecule has 0 aromatic carbocycles. The zero-order valence-corrected chi connectivity index (χ0v) is 13.2. The summed E-state index contributed by atoms with van der Waals surface area (Å²) in [5.74, 6) is 0.594. The second-order valence-electron chi connectivity index (χ2n) is 4.46. The molecule has 2 N–H and O–H groups in total. The molecule has 1 aliphatic heterocycles. The summed E-state index contributed by atoms with van der Waals surface area (Å²) in [6.45, 7) is 2.61. The van der Waals surface area contributed by atoms with Gasteiger partial charge in [-0.25, -0.2) is 13.1 Å². The highest BCUT2D eigenvalue weighted by Gasteiger charge is 2.18. The van der Waals surface area contributed by atoms with Gasteiger partial charge < -0.3 is 5.32 Å².